The van der Waals surface area contributed by atoms with Gasteiger partial charge in [-0.25, -0.2) is 4.39 Å². The zero-order chi connectivity index (χ0) is 23.0. The molecule has 1 aliphatic heterocycles. The average molecular weight is 460 g/mol. The lowest BCUT2D eigenvalue weighted by Crippen LogP contribution is -2.35. The number of ketones is 1. The average Bonchev–Trinajstić information content (AvgIpc) is 3.57. The van der Waals surface area contributed by atoms with Crippen LogP contribution in [-0.2, 0) is 9.59 Å². The Bertz CT molecular complexity index is 1100. The van der Waals surface area contributed by atoms with Crippen molar-refractivity contribution in [1.82, 2.24) is 5.32 Å². The van der Waals surface area contributed by atoms with E-state index in [1.807, 2.05) is 6.92 Å². The largest absolute Gasteiger partial charge is 0.482 e. The van der Waals surface area contributed by atoms with Crippen molar-refractivity contribution in [3.8, 4) is 5.75 Å². The number of anilines is 1. The topological polar surface area (TPSA) is 111 Å². The molecule has 2 aromatic rings. The van der Waals surface area contributed by atoms with Crippen LogP contribution in [0.3, 0.4) is 0 Å². The molecular weight excluding hydrogens is 437 g/mol. The molecule has 7 nitrogen and oxygen atoms in total. The first-order valence-corrected chi connectivity index (χ1v) is 10.8. The number of amides is 2. The summed E-state index contributed by atoms with van der Waals surface area (Å²) in [6.07, 6.45) is 1.95. The first-order valence-electron chi connectivity index (χ1n) is 10.4. The molecule has 1 heterocycles. The third-order valence-electron chi connectivity index (χ3n) is 5.62. The highest BCUT2D eigenvalue weighted by atomic mass is 35.5. The molecule has 2 amide bonds. The number of nitrogens with one attached hydrogen (secondary N) is 2. The fourth-order valence-electron chi connectivity index (χ4n) is 3.95. The summed E-state index contributed by atoms with van der Waals surface area (Å²) in [5.74, 6) is -1.48. The molecular formula is C23H23ClFN3O4. The molecule has 1 saturated carbocycles. The van der Waals surface area contributed by atoms with Gasteiger partial charge in [0.25, 0.3) is 5.91 Å². The van der Waals surface area contributed by atoms with E-state index in [0.717, 1.165) is 12.8 Å². The van der Waals surface area contributed by atoms with Crippen molar-refractivity contribution in [3.05, 3.63) is 57.9 Å². The van der Waals surface area contributed by atoms with Crippen molar-refractivity contribution >= 4 is 34.9 Å². The van der Waals surface area contributed by atoms with E-state index in [2.05, 4.69) is 10.6 Å². The molecule has 1 fully saturated rings. The van der Waals surface area contributed by atoms with Gasteiger partial charge in [0.15, 0.2) is 12.4 Å². The van der Waals surface area contributed by atoms with Gasteiger partial charge >= 0.3 is 0 Å². The van der Waals surface area contributed by atoms with Crippen LogP contribution in [0.1, 0.15) is 53.7 Å². The van der Waals surface area contributed by atoms with Crippen LogP contribution >= 0.6 is 11.6 Å². The second-order valence-corrected chi connectivity index (χ2v) is 8.66. The summed E-state index contributed by atoms with van der Waals surface area (Å²) in [6.45, 7) is 1.65. The Morgan fingerprint density at radius 3 is 2.75 bits per heavy atom. The van der Waals surface area contributed by atoms with Gasteiger partial charge in [-0.15, -0.1) is 0 Å². The predicted molar refractivity (Wildman–Crippen MR) is 117 cm³/mol. The molecule has 1 aliphatic carbocycles. The van der Waals surface area contributed by atoms with E-state index in [1.54, 1.807) is 6.07 Å². The summed E-state index contributed by atoms with van der Waals surface area (Å²) in [5, 5.41) is 5.93. The molecule has 9 heteroatoms. The van der Waals surface area contributed by atoms with Gasteiger partial charge in [-0.05, 0) is 49.9 Å². The van der Waals surface area contributed by atoms with E-state index < -0.39 is 17.5 Å². The number of primary amides is 1. The van der Waals surface area contributed by atoms with Crippen molar-refractivity contribution < 1.29 is 23.5 Å². The van der Waals surface area contributed by atoms with Crippen molar-refractivity contribution in [2.45, 2.75) is 38.3 Å². The van der Waals surface area contributed by atoms with Crippen LogP contribution in [0.25, 0.3) is 0 Å². The van der Waals surface area contributed by atoms with Crippen molar-refractivity contribution in [3.63, 3.8) is 0 Å². The number of carbonyl (C=O) groups is 3. The second kappa shape index (κ2) is 8.88. The number of benzene rings is 2. The maximum Gasteiger partial charge on any atom is 0.262 e. The van der Waals surface area contributed by atoms with Crippen LogP contribution in [0.5, 0.6) is 5.75 Å². The standard InChI is InChI=1S/C23H23ClFN3O4/c1-11(8-18(26)29)27-22(12-2-3-12)14-5-6-15(24)20(21(14)25)23(31)13-4-7-16-17(9-13)32-10-19(30)28-16/h4-7,9,11-12,22,27H,2-3,8,10H2,1H3,(H2,26,29)(H,28,30)/t11-,22-/m1/s1. The minimum atomic E-state index is -0.690. The van der Waals surface area contributed by atoms with Crippen LogP contribution in [0.15, 0.2) is 30.3 Å². The smallest absolute Gasteiger partial charge is 0.262 e. The van der Waals surface area contributed by atoms with Gasteiger partial charge in [-0.2, -0.15) is 0 Å². The summed E-state index contributed by atoms with van der Waals surface area (Å²) in [4.78, 5) is 35.9. The summed E-state index contributed by atoms with van der Waals surface area (Å²) in [5.41, 5.74) is 6.03. The summed E-state index contributed by atoms with van der Waals surface area (Å²) >= 11 is 6.25. The minimum Gasteiger partial charge on any atom is -0.482 e. The van der Waals surface area contributed by atoms with Crippen molar-refractivity contribution in [2.24, 2.45) is 11.7 Å². The lowest BCUT2D eigenvalue weighted by Gasteiger charge is -2.24. The maximum atomic E-state index is 15.7. The van der Waals surface area contributed by atoms with Crippen LogP contribution in [0, 0.1) is 11.7 Å². The van der Waals surface area contributed by atoms with E-state index in [9.17, 15) is 14.4 Å². The number of hydrogen-bond donors (Lipinski definition) is 3. The SMILES string of the molecule is C[C@H](CC(N)=O)N[C@@H](c1ccc(Cl)c(C(=O)c2ccc3c(c2)OCC(=O)N3)c1F)C1CC1. The molecule has 2 aromatic carbocycles. The molecule has 0 radical (unpaired) electrons. The lowest BCUT2D eigenvalue weighted by atomic mass is 9.94. The normalized spacial score (nSPS) is 17.0. The minimum absolute atomic E-state index is 0.00271. The molecule has 2 aliphatic rings. The third-order valence-corrected chi connectivity index (χ3v) is 5.94. The third kappa shape index (κ3) is 4.61. The molecule has 0 unspecified atom stereocenters. The molecule has 2 atom stereocenters. The number of fused-ring (bicyclic) bond motifs is 1. The van der Waals surface area contributed by atoms with E-state index in [-0.39, 0.29) is 53.1 Å². The highest BCUT2D eigenvalue weighted by molar-refractivity contribution is 6.35. The first-order chi connectivity index (χ1) is 15.2. The fraction of sp³-hybridized carbons (Fsp3) is 0.348. The van der Waals surface area contributed by atoms with Gasteiger partial charge in [0.05, 0.1) is 16.3 Å². The Kier molecular flexibility index (Phi) is 6.17. The monoisotopic (exact) mass is 459 g/mol. The molecule has 4 N–H and O–H groups in total. The Morgan fingerprint density at radius 2 is 2.06 bits per heavy atom. The number of hydrogen-bond acceptors (Lipinski definition) is 5. The van der Waals surface area contributed by atoms with Crippen molar-refractivity contribution in [1.29, 1.82) is 0 Å². The highest BCUT2D eigenvalue weighted by Gasteiger charge is 2.36. The fourth-order valence-corrected chi connectivity index (χ4v) is 4.19. The van der Waals surface area contributed by atoms with Crippen molar-refractivity contribution in [2.75, 3.05) is 11.9 Å². The van der Waals surface area contributed by atoms with E-state index in [0.29, 0.717) is 17.0 Å². The molecule has 4 rings (SSSR count). The molecule has 0 saturated heterocycles. The van der Waals surface area contributed by atoms with Crippen LogP contribution in [0.4, 0.5) is 10.1 Å². The Balaban J connectivity index is 1.66. The van der Waals surface area contributed by atoms with Crippen LogP contribution in [0.2, 0.25) is 5.02 Å². The van der Waals surface area contributed by atoms with E-state index >= 15 is 4.39 Å². The molecule has 168 valence electrons. The number of carbonyl (C=O) groups excluding carboxylic acids is 3. The van der Waals surface area contributed by atoms with Gasteiger partial charge in [0.2, 0.25) is 5.91 Å². The molecule has 32 heavy (non-hydrogen) atoms. The predicted octanol–water partition coefficient (Wildman–Crippen LogP) is 3.35. The Labute approximate surface area is 189 Å². The molecule has 0 aromatic heterocycles. The summed E-state index contributed by atoms with van der Waals surface area (Å²) in [7, 11) is 0. The number of ether oxygens (including phenoxy) is 1. The first kappa shape index (κ1) is 22.2. The second-order valence-electron chi connectivity index (χ2n) is 8.26. The quantitative estimate of drug-likeness (QED) is 0.524. The Morgan fingerprint density at radius 1 is 1.31 bits per heavy atom. The molecule has 0 bridgehead atoms. The van der Waals surface area contributed by atoms with E-state index in [1.165, 1.54) is 24.3 Å². The maximum absolute atomic E-state index is 15.7. The number of rotatable bonds is 8. The van der Waals surface area contributed by atoms with Gasteiger partial charge in [-0.3, -0.25) is 14.4 Å². The zero-order valence-corrected chi connectivity index (χ0v) is 18.2. The highest BCUT2D eigenvalue weighted by Crippen LogP contribution is 2.43. The van der Waals surface area contributed by atoms with Gasteiger partial charge in [0.1, 0.15) is 11.6 Å². The van der Waals surface area contributed by atoms with E-state index in [4.69, 9.17) is 22.1 Å². The summed E-state index contributed by atoms with van der Waals surface area (Å²) in [6, 6.07) is 6.96. The zero-order valence-electron chi connectivity index (χ0n) is 17.4. The number of halogens is 2. The summed E-state index contributed by atoms with van der Waals surface area (Å²) < 4.78 is 21.0. The van der Waals surface area contributed by atoms with Gasteiger partial charge in [0, 0.05) is 29.6 Å². The Hall–Kier alpha value is -2.97. The number of nitrogens with two attached hydrogens (primary N) is 1. The van der Waals surface area contributed by atoms with Gasteiger partial charge in [-0.1, -0.05) is 17.7 Å². The lowest BCUT2D eigenvalue weighted by molar-refractivity contribution is -0.119. The van der Waals surface area contributed by atoms with Crippen LogP contribution < -0.4 is 21.1 Å². The van der Waals surface area contributed by atoms with Gasteiger partial charge < -0.3 is 21.1 Å². The van der Waals surface area contributed by atoms with Crippen LogP contribution in [-0.4, -0.2) is 30.2 Å². The molecule has 0 spiro atoms.